The molecule has 2 N–H and O–H groups in total. The first-order chi connectivity index (χ1) is 8.91. The Bertz CT molecular complexity index is 364. The summed E-state index contributed by atoms with van der Waals surface area (Å²) in [5.41, 5.74) is -0.768. The van der Waals surface area contributed by atoms with Gasteiger partial charge in [-0.1, -0.05) is 0 Å². The Morgan fingerprint density at radius 3 is 2.42 bits per heavy atom. The molecule has 1 atom stereocenters. The van der Waals surface area contributed by atoms with Crippen LogP contribution in [0.3, 0.4) is 0 Å². The van der Waals surface area contributed by atoms with E-state index in [9.17, 15) is 14.7 Å². The number of amides is 2. The van der Waals surface area contributed by atoms with Crippen LogP contribution < -0.4 is 5.32 Å². The molecule has 19 heavy (non-hydrogen) atoms. The molecule has 2 fully saturated rings. The summed E-state index contributed by atoms with van der Waals surface area (Å²) in [6.07, 6.45) is 5.11. The molecule has 0 radical (unpaired) electrons. The summed E-state index contributed by atoms with van der Waals surface area (Å²) in [4.78, 5) is 25.2. The molecule has 0 aromatic heterocycles. The highest BCUT2D eigenvalue weighted by Crippen LogP contribution is 2.34. The Labute approximate surface area is 114 Å². The second-order valence-electron chi connectivity index (χ2n) is 6.39. The summed E-state index contributed by atoms with van der Waals surface area (Å²) in [6.45, 7) is 4.81. The standard InChI is InChI=1S/C14H24N2O3/c1-14(2,12(17)18)10-5-4-8-16(9-10)13(19)15-11-6-3-7-11/h10-11H,3-9H2,1-2H3,(H,15,19)(H,17,18). The van der Waals surface area contributed by atoms with Crippen molar-refractivity contribution in [2.24, 2.45) is 11.3 Å². The van der Waals surface area contributed by atoms with Gasteiger partial charge in [0, 0.05) is 19.1 Å². The van der Waals surface area contributed by atoms with Gasteiger partial charge in [0.2, 0.25) is 0 Å². The molecule has 2 rings (SSSR count). The average molecular weight is 268 g/mol. The minimum absolute atomic E-state index is 0.0180. The van der Waals surface area contributed by atoms with Gasteiger partial charge in [0.25, 0.3) is 0 Å². The second-order valence-corrected chi connectivity index (χ2v) is 6.39. The third kappa shape index (κ3) is 3.01. The van der Waals surface area contributed by atoms with Gasteiger partial charge in [-0.3, -0.25) is 4.79 Å². The molecule has 0 aromatic rings. The van der Waals surface area contributed by atoms with Gasteiger partial charge in [-0.25, -0.2) is 4.79 Å². The van der Waals surface area contributed by atoms with Crippen molar-refractivity contribution in [2.45, 2.75) is 52.0 Å². The zero-order valence-corrected chi connectivity index (χ0v) is 11.8. The smallest absolute Gasteiger partial charge is 0.317 e. The van der Waals surface area contributed by atoms with E-state index in [1.54, 1.807) is 18.7 Å². The molecule has 2 aliphatic rings. The monoisotopic (exact) mass is 268 g/mol. The van der Waals surface area contributed by atoms with Gasteiger partial charge < -0.3 is 15.3 Å². The van der Waals surface area contributed by atoms with E-state index in [0.29, 0.717) is 12.6 Å². The van der Waals surface area contributed by atoms with Crippen LogP contribution in [0.1, 0.15) is 46.0 Å². The van der Waals surface area contributed by atoms with E-state index in [-0.39, 0.29) is 11.9 Å². The molecular weight excluding hydrogens is 244 g/mol. The zero-order chi connectivity index (χ0) is 14.0. The highest BCUT2D eigenvalue weighted by Gasteiger charge is 2.40. The number of piperidine rings is 1. The van der Waals surface area contributed by atoms with Crippen LogP contribution >= 0.6 is 0 Å². The first-order valence-corrected chi connectivity index (χ1v) is 7.20. The molecule has 0 bridgehead atoms. The van der Waals surface area contributed by atoms with Gasteiger partial charge in [0.1, 0.15) is 0 Å². The predicted octanol–water partition coefficient (Wildman–Crippen LogP) is 2.07. The maximum Gasteiger partial charge on any atom is 0.317 e. The zero-order valence-electron chi connectivity index (χ0n) is 11.8. The van der Waals surface area contributed by atoms with E-state index in [0.717, 1.165) is 32.2 Å². The lowest BCUT2D eigenvalue weighted by molar-refractivity contribution is -0.151. The van der Waals surface area contributed by atoms with Gasteiger partial charge in [0.05, 0.1) is 5.41 Å². The molecule has 0 aromatic carbocycles. The number of carboxylic acid groups (broad SMARTS) is 1. The van der Waals surface area contributed by atoms with E-state index in [2.05, 4.69) is 5.32 Å². The molecule has 1 heterocycles. The van der Waals surface area contributed by atoms with E-state index in [4.69, 9.17) is 0 Å². The molecule has 108 valence electrons. The Hall–Kier alpha value is -1.26. The number of hydrogen-bond donors (Lipinski definition) is 2. The number of hydrogen-bond acceptors (Lipinski definition) is 2. The molecule has 5 heteroatoms. The Morgan fingerprint density at radius 1 is 1.21 bits per heavy atom. The lowest BCUT2D eigenvalue weighted by Gasteiger charge is -2.40. The van der Waals surface area contributed by atoms with Gasteiger partial charge >= 0.3 is 12.0 Å². The van der Waals surface area contributed by atoms with E-state index >= 15 is 0 Å². The number of nitrogens with zero attached hydrogens (tertiary/aromatic N) is 1. The first-order valence-electron chi connectivity index (χ1n) is 7.20. The fraction of sp³-hybridized carbons (Fsp3) is 0.857. The third-order valence-electron chi connectivity index (χ3n) is 4.71. The van der Waals surface area contributed by atoms with Crippen LogP contribution in [0.2, 0.25) is 0 Å². The highest BCUT2D eigenvalue weighted by molar-refractivity contribution is 5.76. The highest BCUT2D eigenvalue weighted by atomic mass is 16.4. The molecule has 1 aliphatic carbocycles. The number of carbonyl (C=O) groups is 2. The Balaban J connectivity index is 1.92. The van der Waals surface area contributed by atoms with Gasteiger partial charge in [0.15, 0.2) is 0 Å². The summed E-state index contributed by atoms with van der Waals surface area (Å²) >= 11 is 0. The van der Waals surface area contributed by atoms with Crippen LogP contribution in [-0.2, 0) is 4.79 Å². The van der Waals surface area contributed by atoms with Crippen molar-refractivity contribution in [1.82, 2.24) is 10.2 Å². The number of likely N-dealkylation sites (tertiary alicyclic amines) is 1. The number of aliphatic carboxylic acids is 1. The van der Waals surface area contributed by atoms with E-state index < -0.39 is 11.4 Å². The predicted molar refractivity (Wildman–Crippen MR) is 71.9 cm³/mol. The van der Waals surface area contributed by atoms with Crippen molar-refractivity contribution in [3.8, 4) is 0 Å². The maximum absolute atomic E-state index is 12.1. The molecule has 1 saturated carbocycles. The largest absolute Gasteiger partial charge is 0.481 e. The molecule has 1 saturated heterocycles. The number of rotatable bonds is 3. The SMILES string of the molecule is CC(C)(C(=O)O)C1CCCN(C(=O)NC2CCC2)C1. The maximum atomic E-state index is 12.1. The molecule has 1 aliphatic heterocycles. The van der Waals surface area contributed by atoms with Crippen molar-refractivity contribution in [2.75, 3.05) is 13.1 Å². The van der Waals surface area contributed by atoms with Crippen LogP contribution in [0.5, 0.6) is 0 Å². The number of carboxylic acids is 1. The molecular formula is C14H24N2O3. The number of carbonyl (C=O) groups excluding carboxylic acids is 1. The summed E-state index contributed by atoms with van der Waals surface area (Å²) in [6, 6.07) is 0.316. The van der Waals surface area contributed by atoms with Crippen LogP contribution in [0, 0.1) is 11.3 Å². The summed E-state index contributed by atoms with van der Waals surface area (Å²) in [7, 11) is 0. The molecule has 0 spiro atoms. The molecule has 1 unspecified atom stereocenters. The number of urea groups is 1. The minimum atomic E-state index is -0.779. The normalized spacial score (nSPS) is 24.7. The molecule has 5 nitrogen and oxygen atoms in total. The van der Waals surface area contributed by atoms with E-state index in [1.165, 1.54) is 6.42 Å². The van der Waals surface area contributed by atoms with Crippen LogP contribution in [-0.4, -0.2) is 41.1 Å². The van der Waals surface area contributed by atoms with Gasteiger partial charge in [-0.15, -0.1) is 0 Å². The van der Waals surface area contributed by atoms with Gasteiger partial charge in [-0.05, 0) is 51.9 Å². The average Bonchev–Trinajstić information content (AvgIpc) is 2.33. The first kappa shape index (κ1) is 14.2. The van der Waals surface area contributed by atoms with Crippen molar-refractivity contribution >= 4 is 12.0 Å². The minimum Gasteiger partial charge on any atom is -0.481 e. The number of nitrogens with one attached hydrogen (secondary N) is 1. The topological polar surface area (TPSA) is 69.6 Å². The fourth-order valence-electron chi connectivity index (χ4n) is 2.74. The summed E-state index contributed by atoms with van der Waals surface area (Å²) < 4.78 is 0. The van der Waals surface area contributed by atoms with Crippen LogP contribution in [0.15, 0.2) is 0 Å². The Kier molecular flexibility index (Phi) is 4.02. The van der Waals surface area contributed by atoms with Gasteiger partial charge in [-0.2, -0.15) is 0 Å². The summed E-state index contributed by atoms with van der Waals surface area (Å²) in [5, 5.41) is 12.3. The van der Waals surface area contributed by atoms with Crippen molar-refractivity contribution in [1.29, 1.82) is 0 Å². The quantitative estimate of drug-likeness (QED) is 0.823. The van der Waals surface area contributed by atoms with Crippen molar-refractivity contribution < 1.29 is 14.7 Å². The second kappa shape index (κ2) is 5.39. The van der Waals surface area contributed by atoms with Crippen LogP contribution in [0.25, 0.3) is 0 Å². The lowest BCUT2D eigenvalue weighted by Crippen LogP contribution is -2.52. The lowest BCUT2D eigenvalue weighted by atomic mass is 9.74. The van der Waals surface area contributed by atoms with Crippen molar-refractivity contribution in [3.63, 3.8) is 0 Å². The fourth-order valence-corrected chi connectivity index (χ4v) is 2.74. The van der Waals surface area contributed by atoms with E-state index in [1.807, 2.05) is 0 Å². The Morgan fingerprint density at radius 2 is 1.89 bits per heavy atom. The van der Waals surface area contributed by atoms with Crippen LogP contribution in [0.4, 0.5) is 4.79 Å². The van der Waals surface area contributed by atoms with Crippen molar-refractivity contribution in [3.05, 3.63) is 0 Å². The third-order valence-corrected chi connectivity index (χ3v) is 4.71. The molecule has 2 amide bonds. The summed E-state index contributed by atoms with van der Waals surface area (Å²) in [5.74, 6) is -0.746.